The minimum Gasteiger partial charge on any atom is -0.306 e. The average molecular weight is 416 g/mol. The molecule has 1 aliphatic heterocycles. The smallest absolute Gasteiger partial charge is 0.277 e. The van der Waals surface area contributed by atoms with Crippen molar-refractivity contribution >= 4 is 46.5 Å². The van der Waals surface area contributed by atoms with E-state index in [1.165, 1.54) is 6.20 Å². The number of aromatic nitrogens is 3. The van der Waals surface area contributed by atoms with Gasteiger partial charge in [0, 0.05) is 18.4 Å². The lowest BCUT2D eigenvalue weighted by Crippen LogP contribution is -2.43. The maximum atomic E-state index is 13.2. The average Bonchev–Trinajstić information content (AvgIpc) is 3.14. The summed E-state index contributed by atoms with van der Waals surface area (Å²) in [5.74, 6) is -0.387. The Hall–Kier alpha value is -2.90. The van der Waals surface area contributed by atoms with Gasteiger partial charge < -0.3 is 10.2 Å². The summed E-state index contributed by atoms with van der Waals surface area (Å²) in [6.07, 6.45) is 2.97. The first-order valence-corrected chi connectivity index (χ1v) is 9.28. The predicted octanol–water partition coefficient (Wildman–Crippen LogP) is 4.06. The third-order valence-corrected chi connectivity index (χ3v) is 5.21. The molecule has 9 heteroatoms. The highest BCUT2D eigenvalue weighted by Gasteiger charge is 2.35. The van der Waals surface area contributed by atoms with E-state index in [2.05, 4.69) is 15.4 Å². The Morgan fingerprint density at radius 1 is 1.21 bits per heavy atom. The Labute approximate surface area is 170 Å². The molecular weight excluding hydrogens is 401 g/mol. The second-order valence-corrected chi connectivity index (χ2v) is 7.20. The number of anilines is 2. The first-order chi connectivity index (χ1) is 13.5. The molecule has 2 amide bonds. The van der Waals surface area contributed by atoms with Crippen molar-refractivity contribution in [2.24, 2.45) is 0 Å². The lowest BCUT2D eigenvalue weighted by atomic mass is 10.1. The van der Waals surface area contributed by atoms with Gasteiger partial charge in [-0.05, 0) is 37.3 Å². The molecule has 0 fully saturated rings. The topological polar surface area (TPSA) is 80.1 Å². The number of fused-ring (bicyclic) bond motifs is 1. The Balaban J connectivity index is 1.69. The minimum atomic E-state index is -0.448. The summed E-state index contributed by atoms with van der Waals surface area (Å²) in [5, 5.41) is 7.70. The summed E-state index contributed by atoms with van der Waals surface area (Å²) in [4.78, 5) is 31.6. The first kappa shape index (κ1) is 18.5. The Morgan fingerprint density at radius 2 is 2.04 bits per heavy atom. The van der Waals surface area contributed by atoms with E-state index in [0.29, 0.717) is 28.1 Å². The van der Waals surface area contributed by atoms with E-state index in [-0.39, 0.29) is 23.2 Å². The van der Waals surface area contributed by atoms with E-state index in [1.54, 1.807) is 52.2 Å². The van der Waals surface area contributed by atoms with Crippen molar-refractivity contribution in [1.29, 1.82) is 0 Å². The lowest BCUT2D eigenvalue weighted by Gasteiger charge is -2.32. The molecule has 4 rings (SSSR count). The van der Waals surface area contributed by atoms with Crippen LogP contribution in [0.5, 0.6) is 0 Å². The van der Waals surface area contributed by atoms with Crippen LogP contribution in [0.4, 0.5) is 11.5 Å². The van der Waals surface area contributed by atoms with Crippen molar-refractivity contribution in [2.45, 2.75) is 13.0 Å². The number of halogens is 2. The number of carbonyl (C=O) groups excluding carboxylic acids is 2. The molecule has 1 atom stereocenters. The van der Waals surface area contributed by atoms with Crippen molar-refractivity contribution in [2.75, 3.05) is 16.8 Å². The number of nitrogens with one attached hydrogen (secondary N) is 1. The Bertz CT molecular complexity index is 1070. The fraction of sp³-hybridized carbons (Fsp3) is 0.158. The van der Waals surface area contributed by atoms with Crippen molar-refractivity contribution < 1.29 is 9.59 Å². The fourth-order valence-electron chi connectivity index (χ4n) is 3.12. The van der Waals surface area contributed by atoms with Crippen LogP contribution in [-0.2, 0) is 0 Å². The molecule has 2 aromatic heterocycles. The SMILES string of the molecule is C[C@H]1CN(c2ccc(Cl)c(Cl)c2)C(=O)c2c(C(=O)Nc3ccccn3)cnn21. The molecule has 1 aromatic carbocycles. The quantitative estimate of drug-likeness (QED) is 0.699. The highest BCUT2D eigenvalue weighted by Crippen LogP contribution is 2.32. The molecule has 28 heavy (non-hydrogen) atoms. The van der Waals surface area contributed by atoms with Crippen molar-refractivity contribution in [3.8, 4) is 0 Å². The van der Waals surface area contributed by atoms with E-state index in [1.807, 2.05) is 6.92 Å². The van der Waals surface area contributed by atoms with Gasteiger partial charge in [-0.1, -0.05) is 29.3 Å². The molecule has 142 valence electrons. The monoisotopic (exact) mass is 415 g/mol. The van der Waals surface area contributed by atoms with Crippen LogP contribution >= 0.6 is 23.2 Å². The van der Waals surface area contributed by atoms with Crippen LogP contribution in [0.2, 0.25) is 10.0 Å². The van der Waals surface area contributed by atoms with Crippen LogP contribution in [0.1, 0.15) is 33.8 Å². The van der Waals surface area contributed by atoms with Crippen LogP contribution in [0.3, 0.4) is 0 Å². The summed E-state index contributed by atoms with van der Waals surface area (Å²) in [7, 11) is 0. The van der Waals surface area contributed by atoms with Gasteiger partial charge in [0.2, 0.25) is 0 Å². The normalized spacial score (nSPS) is 16.0. The predicted molar refractivity (Wildman–Crippen MR) is 107 cm³/mol. The largest absolute Gasteiger partial charge is 0.306 e. The van der Waals surface area contributed by atoms with E-state index < -0.39 is 5.91 Å². The maximum Gasteiger partial charge on any atom is 0.277 e. The Kier molecular flexibility index (Phi) is 4.78. The third-order valence-electron chi connectivity index (χ3n) is 4.47. The van der Waals surface area contributed by atoms with Gasteiger partial charge in [-0.15, -0.1) is 0 Å². The standard InChI is InChI=1S/C19H15Cl2N5O2/c1-11-10-25(12-5-6-14(20)15(21)8-12)19(28)17-13(9-23-26(11)17)18(27)24-16-4-2-3-7-22-16/h2-9,11H,10H2,1H3,(H,22,24,27)/t11-/m0/s1. The zero-order valence-corrected chi connectivity index (χ0v) is 16.3. The second-order valence-electron chi connectivity index (χ2n) is 6.38. The summed E-state index contributed by atoms with van der Waals surface area (Å²) in [6, 6.07) is 10.0. The van der Waals surface area contributed by atoms with Gasteiger partial charge in [0.15, 0.2) is 0 Å². The maximum absolute atomic E-state index is 13.2. The number of amides is 2. The van der Waals surface area contributed by atoms with Gasteiger partial charge in [-0.25, -0.2) is 4.98 Å². The third kappa shape index (κ3) is 3.23. The highest BCUT2D eigenvalue weighted by atomic mass is 35.5. The minimum absolute atomic E-state index is 0.126. The zero-order chi connectivity index (χ0) is 19.8. The molecule has 0 unspecified atom stereocenters. The molecule has 3 aromatic rings. The molecule has 0 saturated carbocycles. The molecule has 0 aliphatic carbocycles. The van der Waals surface area contributed by atoms with Gasteiger partial charge in [0.25, 0.3) is 11.8 Å². The van der Waals surface area contributed by atoms with Crippen LogP contribution < -0.4 is 10.2 Å². The fourth-order valence-corrected chi connectivity index (χ4v) is 3.42. The molecule has 0 radical (unpaired) electrons. The lowest BCUT2D eigenvalue weighted by molar-refractivity contribution is 0.0939. The molecule has 0 bridgehead atoms. The molecule has 3 heterocycles. The number of hydrogen-bond donors (Lipinski definition) is 1. The van der Waals surface area contributed by atoms with Gasteiger partial charge in [-0.3, -0.25) is 14.3 Å². The molecular formula is C19H15Cl2N5O2. The van der Waals surface area contributed by atoms with E-state index in [0.717, 1.165) is 0 Å². The molecule has 1 aliphatic rings. The van der Waals surface area contributed by atoms with Crippen molar-refractivity contribution in [3.05, 3.63) is 70.1 Å². The van der Waals surface area contributed by atoms with Crippen LogP contribution in [0.25, 0.3) is 0 Å². The van der Waals surface area contributed by atoms with Gasteiger partial charge >= 0.3 is 0 Å². The molecule has 7 nitrogen and oxygen atoms in total. The number of carbonyl (C=O) groups is 2. The van der Waals surface area contributed by atoms with Crippen LogP contribution in [0.15, 0.2) is 48.8 Å². The molecule has 0 saturated heterocycles. The van der Waals surface area contributed by atoms with Crippen LogP contribution in [-0.4, -0.2) is 33.1 Å². The van der Waals surface area contributed by atoms with E-state index in [4.69, 9.17) is 23.2 Å². The van der Waals surface area contributed by atoms with Gasteiger partial charge in [-0.2, -0.15) is 5.10 Å². The Morgan fingerprint density at radius 3 is 2.75 bits per heavy atom. The summed E-state index contributed by atoms with van der Waals surface area (Å²) >= 11 is 12.1. The summed E-state index contributed by atoms with van der Waals surface area (Å²) < 4.78 is 1.57. The molecule has 1 N–H and O–H groups in total. The summed E-state index contributed by atoms with van der Waals surface area (Å²) in [5.41, 5.74) is 1.01. The van der Waals surface area contributed by atoms with Crippen molar-refractivity contribution in [3.63, 3.8) is 0 Å². The number of rotatable bonds is 3. The van der Waals surface area contributed by atoms with E-state index in [9.17, 15) is 9.59 Å². The highest BCUT2D eigenvalue weighted by molar-refractivity contribution is 6.42. The van der Waals surface area contributed by atoms with Gasteiger partial charge in [0.05, 0.1) is 27.8 Å². The number of pyridine rings is 1. The number of benzene rings is 1. The van der Waals surface area contributed by atoms with Crippen molar-refractivity contribution in [1.82, 2.24) is 14.8 Å². The van der Waals surface area contributed by atoms with E-state index >= 15 is 0 Å². The van der Waals surface area contributed by atoms with Gasteiger partial charge in [0.1, 0.15) is 11.5 Å². The summed E-state index contributed by atoms with van der Waals surface area (Å²) in [6.45, 7) is 2.32. The second kappa shape index (κ2) is 7.26. The zero-order valence-electron chi connectivity index (χ0n) is 14.8. The number of hydrogen-bond acceptors (Lipinski definition) is 4. The molecule has 0 spiro atoms. The number of nitrogens with zero attached hydrogens (tertiary/aromatic N) is 4. The first-order valence-electron chi connectivity index (χ1n) is 8.52. The van der Waals surface area contributed by atoms with Crippen LogP contribution in [0, 0.1) is 0 Å².